The van der Waals surface area contributed by atoms with Crippen LogP contribution >= 0.6 is 15.6 Å². The van der Waals surface area contributed by atoms with Crippen LogP contribution in [0.3, 0.4) is 0 Å². The van der Waals surface area contributed by atoms with E-state index in [1.165, 1.54) is 180 Å². The molecule has 0 saturated carbocycles. The number of hydrogen-bond donors (Lipinski definition) is 5. The molecular formula is C55H106O15P2. The van der Waals surface area contributed by atoms with Gasteiger partial charge in [0.15, 0.2) is 0 Å². The zero-order valence-corrected chi connectivity index (χ0v) is 47.2. The number of carbonyl (C=O) groups is 2. The van der Waals surface area contributed by atoms with Crippen LogP contribution in [-0.4, -0.2) is 95.0 Å². The lowest BCUT2D eigenvalue weighted by molar-refractivity contribution is -0.148. The van der Waals surface area contributed by atoms with Crippen molar-refractivity contribution in [3.8, 4) is 0 Å². The van der Waals surface area contributed by atoms with Crippen LogP contribution in [0.1, 0.15) is 258 Å². The molecule has 0 aromatic carbocycles. The van der Waals surface area contributed by atoms with E-state index in [-0.39, 0.29) is 12.8 Å². The molecular weight excluding hydrogens is 963 g/mol. The molecule has 0 rings (SSSR count). The molecule has 0 bridgehead atoms. The van der Waals surface area contributed by atoms with Gasteiger partial charge in [-0.2, -0.15) is 0 Å². The van der Waals surface area contributed by atoms with Gasteiger partial charge in [0.25, 0.3) is 0 Å². The van der Waals surface area contributed by atoms with Crippen molar-refractivity contribution in [1.29, 1.82) is 0 Å². The quantitative estimate of drug-likeness (QED) is 0.0165. The van der Waals surface area contributed by atoms with Crippen LogP contribution in [-0.2, 0) is 46.3 Å². The lowest BCUT2D eigenvalue weighted by atomic mass is 10.0. The summed E-state index contributed by atoms with van der Waals surface area (Å²) in [6.45, 7) is 0.472. The van der Waals surface area contributed by atoms with Crippen molar-refractivity contribution in [3.63, 3.8) is 0 Å². The Balaban J connectivity index is 3.79. The van der Waals surface area contributed by atoms with Crippen LogP contribution in [0.2, 0.25) is 0 Å². The number of esters is 2. The van der Waals surface area contributed by atoms with Gasteiger partial charge in [-0.05, 0) is 64.2 Å². The molecule has 0 radical (unpaired) electrons. The minimum absolute atomic E-state index is 0.197. The number of phosphoric acid groups is 2. The summed E-state index contributed by atoms with van der Waals surface area (Å²) in [5, 5.41) is 30.1. The van der Waals surface area contributed by atoms with Gasteiger partial charge in [0.2, 0.25) is 0 Å². The number of aliphatic hydroxyl groups is 3. The van der Waals surface area contributed by atoms with Gasteiger partial charge in [0.1, 0.15) is 31.5 Å². The minimum atomic E-state index is -4.79. The summed E-state index contributed by atoms with van der Waals surface area (Å²) in [7, 11) is -9.58. The van der Waals surface area contributed by atoms with E-state index in [4.69, 9.17) is 18.5 Å². The van der Waals surface area contributed by atoms with Gasteiger partial charge >= 0.3 is 27.6 Å². The summed E-state index contributed by atoms with van der Waals surface area (Å²) in [6, 6.07) is 0. The SMILES string of the molecule is CCCCCCCC/C=C/CCCCCCCCCCCCCC(=O)OCC(O)COP(=O)(O)OCC(O)COP(=O)(O)OCC(O)COC(=O)CCCCCCCCCCC/C=C/CCCCCCCC. The molecule has 5 unspecified atom stereocenters. The molecule has 17 heteroatoms. The summed E-state index contributed by atoms with van der Waals surface area (Å²) >= 11 is 0. The number of unbranched alkanes of at least 4 members (excludes halogenated alkanes) is 32. The minimum Gasteiger partial charge on any atom is -0.463 e. The summed E-state index contributed by atoms with van der Waals surface area (Å²) in [6.07, 6.45) is 48.7. The number of phosphoric ester groups is 2. The molecule has 5 atom stereocenters. The summed E-state index contributed by atoms with van der Waals surface area (Å²) < 4.78 is 53.2. The van der Waals surface area contributed by atoms with Gasteiger partial charge in [-0.25, -0.2) is 9.13 Å². The molecule has 0 saturated heterocycles. The second-order valence-corrected chi connectivity index (χ2v) is 22.6. The second-order valence-electron chi connectivity index (χ2n) is 19.7. The fourth-order valence-corrected chi connectivity index (χ4v) is 9.50. The lowest BCUT2D eigenvalue weighted by Gasteiger charge is -2.19. The van der Waals surface area contributed by atoms with Gasteiger partial charge < -0.3 is 34.6 Å². The third-order valence-corrected chi connectivity index (χ3v) is 14.3. The van der Waals surface area contributed by atoms with Crippen molar-refractivity contribution >= 4 is 27.6 Å². The Morgan fingerprint density at radius 3 is 0.806 bits per heavy atom. The molecule has 0 heterocycles. The van der Waals surface area contributed by atoms with E-state index in [9.17, 15) is 43.8 Å². The van der Waals surface area contributed by atoms with Crippen LogP contribution in [0.4, 0.5) is 0 Å². The first kappa shape index (κ1) is 70.5. The molecule has 0 amide bonds. The Bertz CT molecular complexity index is 1380. The van der Waals surface area contributed by atoms with E-state index in [1.807, 2.05) is 0 Å². The standard InChI is InChI=1S/C55H106O15P2/c1-3-5-7-9-11-13-15-17-19-21-23-24-26-28-30-32-34-36-38-40-42-44-55(60)66-46-52(57)48-68-72(63,64)70-50-53(58)49-69-71(61,62)67-47-51(56)45-65-54(59)43-41-39-37-35-33-31-29-27-25-22-20-18-16-14-12-10-8-6-4-2/h17-20,51-53,56-58H,3-16,21-50H2,1-2H3,(H,61,62)(H,63,64)/b19-17+,20-18+. The van der Waals surface area contributed by atoms with E-state index in [0.717, 1.165) is 38.5 Å². The fraction of sp³-hybridized carbons (Fsp3) is 0.891. The third-order valence-electron chi connectivity index (χ3n) is 12.4. The topological polar surface area (TPSA) is 225 Å². The summed E-state index contributed by atoms with van der Waals surface area (Å²) in [5.74, 6) is -0.988. The average Bonchev–Trinajstić information content (AvgIpc) is 3.36. The van der Waals surface area contributed by atoms with Gasteiger partial charge in [-0.1, -0.05) is 205 Å². The Morgan fingerprint density at radius 2 is 0.556 bits per heavy atom. The van der Waals surface area contributed by atoms with Crippen molar-refractivity contribution in [3.05, 3.63) is 24.3 Å². The van der Waals surface area contributed by atoms with Crippen molar-refractivity contribution in [2.45, 2.75) is 276 Å². The summed E-state index contributed by atoms with van der Waals surface area (Å²) in [4.78, 5) is 44.0. The number of ether oxygens (including phenoxy) is 2. The fourth-order valence-electron chi connectivity index (χ4n) is 7.91. The molecule has 0 aromatic heterocycles. The number of hydrogen-bond acceptors (Lipinski definition) is 13. The molecule has 15 nitrogen and oxygen atoms in total. The number of aliphatic hydroxyl groups excluding tert-OH is 3. The first-order chi connectivity index (χ1) is 34.8. The molecule has 0 fully saturated rings. The van der Waals surface area contributed by atoms with E-state index in [2.05, 4.69) is 47.2 Å². The van der Waals surface area contributed by atoms with Crippen LogP contribution < -0.4 is 0 Å². The average molecular weight is 1070 g/mol. The van der Waals surface area contributed by atoms with Crippen molar-refractivity contribution in [1.82, 2.24) is 0 Å². The smallest absolute Gasteiger partial charge is 0.463 e. The van der Waals surface area contributed by atoms with Gasteiger partial charge in [-0.15, -0.1) is 0 Å². The van der Waals surface area contributed by atoms with Crippen molar-refractivity contribution in [2.24, 2.45) is 0 Å². The molecule has 0 spiro atoms. The number of allylic oxidation sites excluding steroid dienone is 4. The maximum absolute atomic E-state index is 12.2. The highest BCUT2D eigenvalue weighted by Gasteiger charge is 2.28. The largest absolute Gasteiger partial charge is 0.472 e. The predicted octanol–water partition coefficient (Wildman–Crippen LogP) is 14.4. The highest BCUT2D eigenvalue weighted by molar-refractivity contribution is 7.47. The van der Waals surface area contributed by atoms with E-state index in [1.54, 1.807) is 0 Å². The first-order valence-electron chi connectivity index (χ1n) is 28.7. The third kappa shape index (κ3) is 53.3. The lowest BCUT2D eigenvalue weighted by Crippen LogP contribution is -2.25. The van der Waals surface area contributed by atoms with Crippen LogP contribution in [0, 0.1) is 0 Å². The maximum Gasteiger partial charge on any atom is 0.472 e. The number of carbonyl (C=O) groups excluding carboxylic acids is 2. The normalized spacial score (nSPS) is 14.9. The maximum atomic E-state index is 12.2. The summed E-state index contributed by atoms with van der Waals surface area (Å²) in [5.41, 5.74) is 0. The van der Waals surface area contributed by atoms with Crippen LogP contribution in [0.25, 0.3) is 0 Å². The molecule has 72 heavy (non-hydrogen) atoms. The number of rotatable bonds is 56. The van der Waals surface area contributed by atoms with Crippen molar-refractivity contribution < 1.29 is 71.4 Å². The second kappa shape index (κ2) is 51.6. The van der Waals surface area contributed by atoms with E-state index in [0.29, 0.717) is 12.8 Å². The Kier molecular flexibility index (Phi) is 50.6. The van der Waals surface area contributed by atoms with Gasteiger partial charge in [-0.3, -0.25) is 27.7 Å². The monoisotopic (exact) mass is 1070 g/mol. The van der Waals surface area contributed by atoms with Gasteiger partial charge in [0, 0.05) is 12.8 Å². The van der Waals surface area contributed by atoms with E-state index >= 15 is 0 Å². The van der Waals surface area contributed by atoms with E-state index < -0.39 is 85.5 Å². The highest BCUT2D eigenvalue weighted by Crippen LogP contribution is 2.45. The molecule has 0 aliphatic rings. The molecule has 0 aromatic rings. The molecule has 0 aliphatic carbocycles. The molecule has 426 valence electrons. The van der Waals surface area contributed by atoms with Crippen LogP contribution in [0.15, 0.2) is 24.3 Å². The zero-order valence-electron chi connectivity index (χ0n) is 45.4. The van der Waals surface area contributed by atoms with Crippen LogP contribution in [0.5, 0.6) is 0 Å². The molecule has 0 aliphatic heterocycles. The Morgan fingerprint density at radius 1 is 0.347 bits per heavy atom. The first-order valence-corrected chi connectivity index (χ1v) is 31.7. The highest BCUT2D eigenvalue weighted by atomic mass is 31.2. The van der Waals surface area contributed by atoms with Gasteiger partial charge in [0.05, 0.1) is 26.4 Å². The predicted molar refractivity (Wildman–Crippen MR) is 288 cm³/mol. The van der Waals surface area contributed by atoms with Crippen molar-refractivity contribution in [2.75, 3.05) is 39.6 Å². The Hall–Kier alpha value is -1.48. The Labute approximate surface area is 437 Å². The molecule has 5 N–H and O–H groups in total. The zero-order chi connectivity index (χ0) is 53.1.